The number of amides is 1. The van der Waals surface area contributed by atoms with Gasteiger partial charge in [-0.05, 0) is 86.1 Å². The van der Waals surface area contributed by atoms with Gasteiger partial charge in [-0.1, -0.05) is 67.6 Å². The first kappa shape index (κ1) is 25.4. The number of nitrogens with one attached hydrogen (secondary N) is 1. The maximum Gasteiger partial charge on any atom is 0.256 e. The van der Waals surface area contributed by atoms with Crippen LogP contribution in [0, 0.1) is 11.7 Å². The Morgan fingerprint density at radius 3 is 2.27 bits per heavy atom. The van der Waals surface area contributed by atoms with Gasteiger partial charge in [-0.15, -0.1) is 11.3 Å². The van der Waals surface area contributed by atoms with E-state index in [1.807, 2.05) is 42.5 Å². The summed E-state index contributed by atoms with van der Waals surface area (Å²) < 4.78 is 13.9. The predicted molar refractivity (Wildman–Crippen MR) is 151 cm³/mol. The van der Waals surface area contributed by atoms with Crippen LogP contribution in [0.5, 0.6) is 0 Å². The zero-order valence-electron chi connectivity index (χ0n) is 21.2. The highest BCUT2D eigenvalue weighted by Gasteiger charge is 2.30. The normalized spacial score (nSPS) is 15.4. The monoisotopic (exact) mass is 512 g/mol. The van der Waals surface area contributed by atoms with Crippen LogP contribution < -0.4 is 5.32 Å². The molecular weight excluding hydrogens is 479 g/mol. The standard InChI is InChI=1S/C32H33FN2OS/c1-2-28-22-29(32(37-28)34-31(36)26-11-7-4-8-12-26)30(25-13-15-27(33)16-14-25)35-19-17-24(18-20-35)21-23-9-5-3-6-10-23/h3-16,22,24,30H,2,17-21H2,1H3,(H,34,36)/t30-/m1/s1. The molecule has 1 N–H and O–H groups in total. The van der Waals surface area contributed by atoms with Crippen LogP contribution in [0.4, 0.5) is 9.39 Å². The van der Waals surface area contributed by atoms with E-state index in [0.717, 1.165) is 54.9 Å². The van der Waals surface area contributed by atoms with Crippen molar-refractivity contribution in [1.82, 2.24) is 4.90 Å². The summed E-state index contributed by atoms with van der Waals surface area (Å²) in [7, 11) is 0. The van der Waals surface area contributed by atoms with Crippen molar-refractivity contribution in [2.45, 2.75) is 38.6 Å². The summed E-state index contributed by atoms with van der Waals surface area (Å²) in [5, 5.41) is 4.08. The van der Waals surface area contributed by atoms with Crippen molar-refractivity contribution in [3.63, 3.8) is 0 Å². The first-order valence-electron chi connectivity index (χ1n) is 13.1. The van der Waals surface area contributed by atoms with Gasteiger partial charge in [0.2, 0.25) is 0 Å². The van der Waals surface area contributed by atoms with E-state index in [0.29, 0.717) is 11.5 Å². The third-order valence-corrected chi connectivity index (χ3v) is 8.50. The van der Waals surface area contributed by atoms with Crippen LogP contribution >= 0.6 is 11.3 Å². The molecule has 190 valence electrons. The Balaban J connectivity index is 1.42. The summed E-state index contributed by atoms with van der Waals surface area (Å²) in [6, 6.07) is 29.1. The second-order valence-corrected chi connectivity index (χ2v) is 10.9. The maximum absolute atomic E-state index is 13.9. The van der Waals surface area contributed by atoms with Crippen LogP contribution in [-0.2, 0) is 12.8 Å². The van der Waals surface area contributed by atoms with Crippen LogP contribution in [-0.4, -0.2) is 23.9 Å². The number of aryl methyl sites for hydroxylation is 1. The minimum absolute atomic E-state index is 0.0408. The Morgan fingerprint density at radius 2 is 1.62 bits per heavy atom. The van der Waals surface area contributed by atoms with Gasteiger partial charge < -0.3 is 5.32 Å². The summed E-state index contributed by atoms with van der Waals surface area (Å²) >= 11 is 1.64. The summed E-state index contributed by atoms with van der Waals surface area (Å²) in [6.45, 7) is 4.06. The van der Waals surface area contributed by atoms with E-state index in [-0.39, 0.29) is 17.8 Å². The van der Waals surface area contributed by atoms with E-state index >= 15 is 0 Å². The number of anilines is 1. The fraction of sp³-hybridized carbons (Fsp3) is 0.281. The zero-order chi connectivity index (χ0) is 25.6. The van der Waals surface area contributed by atoms with Crippen molar-refractivity contribution >= 4 is 22.2 Å². The molecular formula is C32H33FN2OS. The van der Waals surface area contributed by atoms with Crippen LogP contribution in [0.15, 0.2) is 91.0 Å². The van der Waals surface area contributed by atoms with Crippen molar-refractivity contribution in [3.05, 3.63) is 124 Å². The fourth-order valence-corrected chi connectivity index (χ4v) is 6.32. The van der Waals surface area contributed by atoms with Crippen molar-refractivity contribution < 1.29 is 9.18 Å². The second-order valence-electron chi connectivity index (χ2n) is 9.79. The Morgan fingerprint density at radius 1 is 0.973 bits per heavy atom. The molecule has 4 aromatic rings. The number of carbonyl (C=O) groups is 1. The second kappa shape index (κ2) is 11.8. The van der Waals surface area contributed by atoms with Gasteiger partial charge in [0.05, 0.1) is 6.04 Å². The molecule has 3 nitrogen and oxygen atoms in total. The molecule has 1 aliphatic heterocycles. The number of carbonyl (C=O) groups excluding carboxylic acids is 1. The average Bonchev–Trinajstić information content (AvgIpc) is 3.34. The lowest BCUT2D eigenvalue weighted by Gasteiger charge is -2.38. The molecule has 1 fully saturated rings. The third-order valence-electron chi connectivity index (χ3n) is 7.29. The number of likely N-dealkylation sites (tertiary alicyclic amines) is 1. The number of halogens is 1. The van der Waals surface area contributed by atoms with Gasteiger partial charge in [0.25, 0.3) is 5.91 Å². The lowest BCUT2D eigenvalue weighted by molar-refractivity contribution is 0.102. The fourth-order valence-electron chi connectivity index (χ4n) is 5.29. The molecule has 1 amide bonds. The number of rotatable bonds is 8. The first-order valence-corrected chi connectivity index (χ1v) is 13.9. The van der Waals surface area contributed by atoms with Gasteiger partial charge in [-0.3, -0.25) is 9.69 Å². The van der Waals surface area contributed by atoms with E-state index in [9.17, 15) is 9.18 Å². The van der Waals surface area contributed by atoms with Gasteiger partial charge in [0.1, 0.15) is 10.8 Å². The topological polar surface area (TPSA) is 32.3 Å². The summed E-state index contributed by atoms with van der Waals surface area (Å²) in [5.74, 6) is 0.311. The average molecular weight is 513 g/mol. The largest absolute Gasteiger partial charge is 0.313 e. The smallest absolute Gasteiger partial charge is 0.256 e. The van der Waals surface area contributed by atoms with E-state index in [4.69, 9.17) is 0 Å². The number of hydrogen-bond donors (Lipinski definition) is 1. The van der Waals surface area contributed by atoms with Crippen molar-refractivity contribution in [1.29, 1.82) is 0 Å². The number of nitrogens with zero attached hydrogens (tertiary/aromatic N) is 1. The van der Waals surface area contributed by atoms with Crippen molar-refractivity contribution in [3.8, 4) is 0 Å². The highest BCUT2D eigenvalue weighted by molar-refractivity contribution is 7.16. The van der Waals surface area contributed by atoms with Crippen LogP contribution in [0.3, 0.4) is 0 Å². The van der Waals surface area contributed by atoms with Crippen molar-refractivity contribution in [2.24, 2.45) is 5.92 Å². The highest BCUT2D eigenvalue weighted by atomic mass is 32.1. The Bertz CT molecular complexity index is 1300. The maximum atomic E-state index is 13.9. The van der Waals surface area contributed by atoms with E-state index < -0.39 is 0 Å². The third kappa shape index (κ3) is 6.17. The summed E-state index contributed by atoms with van der Waals surface area (Å²) in [5.41, 5.74) is 4.19. The Kier molecular flexibility index (Phi) is 8.12. The van der Waals surface area contributed by atoms with Crippen molar-refractivity contribution in [2.75, 3.05) is 18.4 Å². The summed E-state index contributed by atoms with van der Waals surface area (Å²) in [6.07, 6.45) is 4.23. The molecule has 1 atom stereocenters. The number of hydrogen-bond acceptors (Lipinski definition) is 3. The SMILES string of the molecule is CCc1cc([C@@H](c2ccc(F)cc2)N2CCC(Cc3ccccc3)CC2)c(NC(=O)c2ccccc2)s1. The molecule has 0 aliphatic carbocycles. The minimum atomic E-state index is -0.235. The molecule has 5 rings (SSSR count). The van der Waals surface area contributed by atoms with Crippen LogP contribution in [0.2, 0.25) is 0 Å². The molecule has 0 saturated carbocycles. The molecule has 3 aromatic carbocycles. The molecule has 0 unspecified atom stereocenters. The molecule has 1 aromatic heterocycles. The van der Waals surface area contributed by atoms with Crippen LogP contribution in [0.25, 0.3) is 0 Å². The lowest BCUT2D eigenvalue weighted by atomic mass is 9.88. The van der Waals surface area contributed by atoms with Gasteiger partial charge in [-0.25, -0.2) is 4.39 Å². The molecule has 1 aliphatic rings. The van der Waals surface area contributed by atoms with E-state index in [2.05, 4.69) is 53.5 Å². The molecule has 1 saturated heterocycles. The van der Waals surface area contributed by atoms with E-state index in [1.54, 1.807) is 23.5 Å². The molecule has 5 heteroatoms. The van der Waals surface area contributed by atoms with Gasteiger partial charge in [0.15, 0.2) is 0 Å². The highest BCUT2D eigenvalue weighted by Crippen LogP contribution is 2.41. The quantitative estimate of drug-likeness (QED) is 0.262. The lowest BCUT2D eigenvalue weighted by Crippen LogP contribution is -2.38. The van der Waals surface area contributed by atoms with Gasteiger partial charge in [0, 0.05) is 16.0 Å². The predicted octanol–water partition coefficient (Wildman–Crippen LogP) is 7.75. The molecule has 37 heavy (non-hydrogen) atoms. The van der Waals surface area contributed by atoms with Gasteiger partial charge >= 0.3 is 0 Å². The van der Waals surface area contributed by atoms with Crippen LogP contribution in [0.1, 0.15) is 57.7 Å². The first-order chi connectivity index (χ1) is 18.1. The Labute approximate surface area is 223 Å². The van der Waals surface area contributed by atoms with Gasteiger partial charge in [-0.2, -0.15) is 0 Å². The van der Waals surface area contributed by atoms with E-state index in [1.165, 1.54) is 10.4 Å². The molecule has 2 heterocycles. The number of thiophene rings is 1. The molecule has 0 bridgehead atoms. The summed E-state index contributed by atoms with van der Waals surface area (Å²) in [4.78, 5) is 16.8. The molecule has 0 radical (unpaired) electrons. The number of piperidine rings is 1. The zero-order valence-corrected chi connectivity index (χ0v) is 22.0. The minimum Gasteiger partial charge on any atom is -0.313 e. The Hall–Kier alpha value is -3.28. The molecule has 0 spiro atoms. The number of benzene rings is 3.